The molecular formula is C23H23F2N7O. The molecule has 0 aliphatic carbocycles. The van der Waals surface area contributed by atoms with E-state index < -0.39 is 17.1 Å². The Balaban J connectivity index is 1.56. The largest absolute Gasteiger partial charge is 0.345 e. The number of aromatic nitrogens is 5. The van der Waals surface area contributed by atoms with Crippen LogP contribution >= 0.6 is 0 Å². The van der Waals surface area contributed by atoms with Crippen LogP contribution in [0.3, 0.4) is 0 Å². The molecule has 1 aliphatic heterocycles. The molecule has 4 aromatic rings. The van der Waals surface area contributed by atoms with Gasteiger partial charge >= 0.3 is 0 Å². The van der Waals surface area contributed by atoms with Gasteiger partial charge in [0, 0.05) is 43.0 Å². The number of likely N-dealkylation sites (N-methyl/N-ethyl adjacent to an activating group) is 1. The van der Waals surface area contributed by atoms with E-state index in [9.17, 15) is 13.6 Å². The minimum absolute atomic E-state index is 0.0267. The Morgan fingerprint density at radius 2 is 1.94 bits per heavy atom. The highest BCUT2D eigenvalue weighted by atomic mass is 19.1. The number of nitrogens with one attached hydrogen (secondary N) is 1. The lowest BCUT2D eigenvalue weighted by Crippen LogP contribution is -2.30. The summed E-state index contributed by atoms with van der Waals surface area (Å²) in [4.78, 5) is 22.8. The molecule has 1 aliphatic rings. The molecule has 33 heavy (non-hydrogen) atoms. The van der Waals surface area contributed by atoms with Crippen LogP contribution < -0.4 is 10.7 Å². The molecule has 0 fully saturated rings. The molecule has 3 aromatic heterocycles. The van der Waals surface area contributed by atoms with Gasteiger partial charge in [0.25, 0.3) is 0 Å². The number of benzene rings is 1. The Bertz CT molecular complexity index is 1430. The second-order valence-corrected chi connectivity index (χ2v) is 8.53. The van der Waals surface area contributed by atoms with Crippen molar-refractivity contribution in [3.63, 3.8) is 0 Å². The zero-order valence-electron chi connectivity index (χ0n) is 18.5. The van der Waals surface area contributed by atoms with Gasteiger partial charge in [0.1, 0.15) is 11.5 Å². The Hall–Kier alpha value is -3.66. The van der Waals surface area contributed by atoms with Crippen LogP contribution in [0.1, 0.15) is 25.6 Å². The first-order valence-electron chi connectivity index (χ1n) is 10.7. The fourth-order valence-corrected chi connectivity index (χ4v) is 4.14. The molecule has 10 heteroatoms. The molecule has 0 unspecified atom stereocenters. The van der Waals surface area contributed by atoms with Crippen molar-refractivity contribution < 1.29 is 8.78 Å². The lowest BCUT2D eigenvalue weighted by Gasteiger charge is -2.22. The number of nitrogens with zero attached hydrogens (tertiary/aromatic N) is 6. The Kier molecular flexibility index (Phi) is 5.16. The van der Waals surface area contributed by atoms with E-state index in [-0.39, 0.29) is 28.6 Å². The zero-order valence-corrected chi connectivity index (χ0v) is 18.5. The van der Waals surface area contributed by atoms with Gasteiger partial charge in [-0.25, -0.2) is 18.7 Å². The maximum absolute atomic E-state index is 15.0. The van der Waals surface area contributed by atoms with Gasteiger partial charge in [-0.3, -0.25) is 14.4 Å². The number of rotatable bonds is 4. The van der Waals surface area contributed by atoms with E-state index in [0.717, 1.165) is 37.6 Å². The Labute approximate surface area is 188 Å². The molecule has 8 nitrogen and oxygen atoms in total. The molecule has 0 saturated carbocycles. The van der Waals surface area contributed by atoms with Crippen LogP contribution in [0.25, 0.3) is 22.2 Å². The monoisotopic (exact) mass is 451 g/mol. The molecular weight excluding hydrogens is 428 g/mol. The van der Waals surface area contributed by atoms with Crippen molar-refractivity contribution in [3.8, 4) is 11.3 Å². The second kappa shape index (κ2) is 8.04. The Morgan fingerprint density at radius 1 is 1.12 bits per heavy atom. The number of hydrogen-bond acceptors (Lipinski definition) is 6. The van der Waals surface area contributed by atoms with Crippen LogP contribution in [-0.2, 0) is 13.1 Å². The first kappa shape index (κ1) is 21.2. The predicted octanol–water partition coefficient (Wildman–Crippen LogP) is 3.70. The van der Waals surface area contributed by atoms with Gasteiger partial charge in [-0.2, -0.15) is 5.10 Å². The third-order valence-corrected chi connectivity index (χ3v) is 5.78. The summed E-state index contributed by atoms with van der Waals surface area (Å²) >= 11 is 0. The van der Waals surface area contributed by atoms with E-state index in [1.165, 1.54) is 6.07 Å². The van der Waals surface area contributed by atoms with Crippen LogP contribution in [0, 0.1) is 11.6 Å². The molecule has 0 saturated heterocycles. The fourth-order valence-electron chi connectivity index (χ4n) is 4.14. The van der Waals surface area contributed by atoms with Crippen molar-refractivity contribution in [3.05, 3.63) is 64.2 Å². The molecule has 4 heterocycles. The summed E-state index contributed by atoms with van der Waals surface area (Å²) in [6.07, 6.45) is 2.65. The topological polar surface area (TPSA) is 80.9 Å². The smallest absolute Gasteiger partial charge is 0.229 e. The predicted molar refractivity (Wildman–Crippen MR) is 121 cm³/mol. The van der Waals surface area contributed by atoms with Crippen LogP contribution in [-0.4, -0.2) is 42.8 Å². The Morgan fingerprint density at radius 3 is 2.73 bits per heavy atom. The second-order valence-electron chi connectivity index (χ2n) is 8.53. The summed E-state index contributed by atoms with van der Waals surface area (Å²) in [6, 6.07) is 5.93. The fraction of sp³-hybridized carbons (Fsp3) is 0.304. The molecule has 170 valence electrons. The van der Waals surface area contributed by atoms with Gasteiger partial charge in [0.05, 0.1) is 29.3 Å². The minimum atomic E-state index is -0.721. The molecule has 5 rings (SSSR count). The van der Waals surface area contributed by atoms with Crippen molar-refractivity contribution in [2.24, 2.45) is 0 Å². The number of pyridine rings is 1. The van der Waals surface area contributed by atoms with Crippen LogP contribution in [0.15, 0.2) is 41.5 Å². The maximum Gasteiger partial charge on any atom is 0.229 e. The van der Waals surface area contributed by atoms with Crippen molar-refractivity contribution in [1.29, 1.82) is 0 Å². The normalized spacial score (nSPS) is 14.1. The minimum Gasteiger partial charge on any atom is -0.345 e. The maximum atomic E-state index is 15.0. The summed E-state index contributed by atoms with van der Waals surface area (Å²) in [7, 11) is 2.04. The van der Waals surface area contributed by atoms with E-state index in [4.69, 9.17) is 0 Å². The number of fused-ring (bicyclic) bond motifs is 2. The molecule has 0 radical (unpaired) electrons. The average Bonchev–Trinajstić information content (AvgIpc) is 3.16. The van der Waals surface area contributed by atoms with Crippen molar-refractivity contribution in [1.82, 2.24) is 29.2 Å². The van der Waals surface area contributed by atoms with E-state index in [1.54, 1.807) is 16.8 Å². The summed E-state index contributed by atoms with van der Waals surface area (Å²) in [5.74, 6) is -0.721. The first-order chi connectivity index (χ1) is 15.8. The van der Waals surface area contributed by atoms with Gasteiger partial charge in [0.2, 0.25) is 5.95 Å². The van der Waals surface area contributed by atoms with Crippen LogP contribution in [0.2, 0.25) is 0 Å². The SMILES string of the molecule is CC(C)n1ccc(=O)c2c(F)cc(-c3nc(Nc4cc5n(n4)CCN(C)C5)ncc3F)cc21. The van der Waals surface area contributed by atoms with Crippen molar-refractivity contribution >= 4 is 22.7 Å². The highest BCUT2D eigenvalue weighted by Crippen LogP contribution is 2.28. The lowest BCUT2D eigenvalue weighted by molar-refractivity contribution is 0.259. The zero-order chi connectivity index (χ0) is 23.3. The summed E-state index contributed by atoms with van der Waals surface area (Å²) < 4.78 is 33.4. The molecule has 0 spiro atoms. The summed E-state index contributed by atoms with van der Waals surface area (Å²) in [6.45, 7) is 6.30. The van der Waals surface area contributed by atoms with E-state index in [0.29, 0.717) is 11.3 Å². The third-order valence-electron chi connectivity index (χ3n) is 5.78. The summed E-state index contributed by atoms with van der Waals surface area (Å²) in [5.41, 5.74) is 1.16. The molecule has 0 atom stereocenters. The van der Waals surface area contributed by atoms with Crippen LogP contribution in [0.4, 0.5) is 20.5 Å². The first-order valence-corrected chi connectivity index (χ1v) is 10.7. The summed E-state index contributed by atoms with van der Waals surface area (Å²) in [5, 5.41) is 7.49. The average molecular weight is 451 g/mol. The van der Waals surface area contributed by atoms with Gasteiger partial charge in [-0.05, 0) is 33.0 Å². The van der Waals surface area contributed by atoms with E-state index in [1.807, 2.05) is 31.6 Å². The molecule has 0 bridgehead atoms. The number of hydrogen-bond donors (Lipinski definition) is 1. The molecule has 0 amide bonds. The van der Waals surface area contributed by atoms with Gasteiger partial charge in [-0.15, -0.1) is 0 Å². The van der Waals surface area contributed by atoms with E-state index >= 15 is 0 Å². The van der Waals surface area contributed by atoms with Gasteiger partial charge in [-0.1, -0.05) is 0 Å². The standard InChI is InChI=1S/C23H23F2N7O/c1-13(2)31-5-4-19(33)21-16(24)8-14(9-18(21)31)22-17(25)11-26-23(28-22)27-20-10-15-12-30(3)6-7-32(15)29-20/h4-5,8-11,13H,6-7,12H2,1-3H3,(H,26,27,28,29). The highest BCUT2D eigenvalue weighted by molar-refractivity contribution is 5.85. The molecule has 1 N–H and O–H groups in total. The van der Waals surface area contributed by atoms with E-state index in [2.05, 4.69) is 25.3 Å². The van der Waals surface area contributed by atoms with Crippen LogP contribution in [0.5, 0.6) is 0 Å². The number of anilines is 2. The van der Waals surface area contributed by atoms with Crippen molar-refractivity contribution in [2.45, 2.75) is 33.0 Å². The quantitative estimate of drug-likeness (QED) is 0.510. The van der Waals surface area contributed by atoms with Gasteiger partial charge in [0.15, 0.2) is 17.1 Å². The van der Waals surface area contributed by atoms with Crippen molar-refractivity contribution in [2.75, 3.05) is 18.9 Å². The highest BCUT2D eigenvalue weighted by Gasteiger charge is 2.19. The van der Waals surface area contributed by atoms with Gasteiger partial charge < -0.3 is 9.88 Å². The molecule has 1 aromatic carbocycles. The lowest BCUT2D eigenvalue weighted by atomic mass is 10.1. The third kappa shape index (κ3) is 3.86. The number of halogens is 2.